The highest BCUT2D eigenvalue weighted by Crippen LogP contribution is 2.27. The van der Waals surface area contributed by atoms with E-state index >= 15 is 0 Å². The summed E-state index contributed by atoms with van der Waals surface area (Å²) < 4.78 is 37.5. The molecule has 11 heteroatoms. The molecule has 1 aliphatic carbocycles. The normalized spacial score (nSPS) is 21.4. The molecule has 0 aromatic rings. The fourth-order valence-corrected chi connectivity index (χ4v) is 3.51. The highest BCUT2D eigenvalue weighted by atomic mass is 19.4. The van der Waals surface area contributed by atoms with Crippen molar-refractivity contribution in [3.63, 3.8) is 0 Å². The summed E-state index contributed by atoms with van der Waals surface area (Å²) in [4.78, 5) is 36.7. The maximum Gasteiger partial charge on any atom is 0.401 e. The molecule has 3 amide bonds. The first-order chi connectivity index (χ1) is 15.9. The first kappa shape index (κ1) is 30.7. The van der Waals surface area contributed by atoms with E-state index in [4.69, 9.17) is 0 Å². The van der Waals surface area contributed by atoms with Gasteiger partial charge in [-0.05, 0) is 44.4 Å². The van der Waals surface area contributed by atoms with E-state index in [-0.39, 0.29) is 17.9 Å². The number of hydrogen-bond acceptors (Lipinski definition) is 5. The second-order valence-electron chi connectivity index (χ2n) is 11.3. The Balaban J connectivity index is 0.00000138. The molecule has 8 nitrogen and oxygen atoms in total. The fraction of sp³-hybridized carbons (Fsp3) is 0.833. The zero-order valence-electron chi connectivity index (χ0n) is 21.6. The minimum absolute atomic E-state index is 0.135. The van der Waals surface area contributed by atoms with Crippen molar-refractivity contribution in [1.29, 1.82) is 5.26 Å². The molecule has 3 unspecified atom stereocenters. The summed E-state index contributed by atoms with van der Waals surface area (Å²) >= 11 is 0. The molecule has 2 rings (SSSR count). The van der Waals surface area contributed by atoms with Gasteiger partial charge in [0, 0.05) is 11.5 Å². The van der Waals surface area contributed by atoms with Crippen molar-refractivity contribution >= 4 is 17.7 Å². The van der Waals surface area contributed by atoms with Crippen molar-refractivity contribution < 1.29 is 27.6 Å². The Morgan fingerprint density at radius 2 is 1.77 bits per heavy atom. The number of amides is 3. The molecule has 3 atom stereocenters. The van der Waals surface area contributed by atoms with Crippen LogP contribution in [-0.2, 0) is 14.4 Å². The molecule has 0 spiro atoms. The average molecular weight is 504 g/mol. The van der Waals surface area contributed by atoms with Crippen LogP contribution in [0.1, 0.15) is 73.6 Å². The van der Waals surface area contributed by atoms with E-state index in [9.17, 15) is 32.8 Å². The predicted octanol–water partition coefficient (Wildman–Crippen LogP) is 2.79. The first-order valence-corrected chi connectivity index (χ1v) is 12.0. The number of nitrogens with zero attached hydrogens (tertiary/aromatic N) is 1. The van der Waals surface area contributed by atoms with Crippen LogP contribution < -0.4 is 21.3 Å². The molecule has 1 saturated carbocycles. The highest BCUT2D eigenvalue weighted by molar-refractivity contribution is 5.88. The quantitative estimate of drug-likeness (QED) is 0.406. The minimum Gasteiger partial charge on any atom is -0.351 e. The Hall–Kier alpha value is -2.35. The number of nitrogens with one attached hydrogen (secondary N) is 4. The largest absolute Gasteiger partial charge is 0.401 e. The summed E-state index contributed by atoms with van der Waals surface area (Å²) in [5, 5.41) is 19.1. The lowest BCUT2D eigenvalue weighted by molar-refractivity contribution is -0.136. The van der Waals surface area contributed by atoms with Gasteiger partial charge < -0.3 is 16.0 Å². The van der Waals surface area contributed by atoms with Gasteiger partial charge in [-0.3, -0.25) is 19.7 Å². The number of rotatable bonds is 8. The number of carbonyl (C=O) groups is 3. The molecule has 2 aliphatic rings. The molecule has 0 aromatic heterocycles. The van der Waals surface area contributed by atoms with Crippen LogP contribution in [0, 0.1) is 28.6 Å². The van der Waals surface area contributed by atoms with Crippen LogP contribution in [0.4, 0.5) is 13.2 Å². The van der Waals surface area contributed by atoms with Crippen molar-refractivity contribution in [3.8, 4) is 6.07 Å². The molecule has 0 aromatic carbocycles. The number of halogens is 3. The lowest BCUT2D eigenvalue weighted by atomic mass is 9.83. The first-order valence-electron chi connectivity index (χ1n) is 12.0. The fourth-order valence-electron chi connectivity index (χ4n) is 3.51. The Kier molecular flexibility index (Phi) is 11.0. The molecule has 0 bridgehead atoms. The average Bonchev–Trinajstić information content (AvgIpc) is 3.48. The van der Waals surface area contributed by atoms with Crippen LogP contribution >= 0.6 is 0 Å². The third kappa shape index (κ3) is 12.8. The van der Waals surface area contributed by atoms with E-state index in [0.29, 0.717) is 6.42 Å². The van der Waals surface area contributed by atoms with Gasteiger partial charge >= 0.3 is 6.18 Å². The van der Waals surface area contributed by atoms with Crippen LogP contribution in [-0.4, -0.2) is 54.6 Å². The van der Waals surface area contributed by atoms with Crippen molar-refractivity contribution in [2.24, 2.45) is 17.3 Å². The number of nitriles is 1. The molecular weight excluding hydrogens is 463 g/mol. The maximum atomic E-state index is 12.5. The molecule has 2 fully saturated rings. The smallest absolute Gasteiger partial charge is 0.351 e. The number of carbonyl (C=O) groups excluding carboxylic acids is 3. The Bertz CT molecular complexity index is 783. The van der Waals surface area contributed by atoms with Gasteiger partial charge in [0.25, 0.3) is 0 Å². The topological polar surface area (TPSA) is 123 Å². The van der Waals surface area contributed by atoms with Crippen LogP contribution in [0.15, 0.2) is 0 Å². The Morgan fingerprint density at radius 3 is 2.20 bits per heavy atom. The summed E-state index contributed by atoms with van der Waals surface area (Å²) in [6.07, 6.45) is -0.0515. The van der Waals surface area contributed by atoms with Gasteiger partial charge in [0.2, 0.25) is 17.7 Å². The minimum atomic E-state index is -4.48. The van der Waals surface area contributed by atoms with Gasteiger partial charge in [-0.2, -0.15) is 18.4 Å². The molecule has 0 radical (unpaired) electrons. The molecule has 35 heavy (non-hydrogen) atoms. The summed E-state index contributed by atoms with van der Waals surface area (Å²) in [7, 11) is 0. The molecular formula is C24H40F3N5O3. The molecule has 1 saturated heterocycles. The van der Waals surface area contributed by atoms with E-state index in [1.807, 2.05) is 19.9 Å². The van der Waals surface area contributed by atoms with Crippen molar-refractivity contribution in [1.82, 2.24) is 21.3 Å². The molecule has 4 N–H and O–H groups in total. The monoisotopic (exact) mass is 503 g/mol. The highest BCUT2D eigenvalue weighted by Gasteiger charge is 2.36. The van der Waals surface area contributed by atoms with Gasteiger partial charge in [0.1, 0.15) is 6.04 Å². The zero-order chi connectivity index (χ0) is 27.0. The number of piperidine rings is 1. The summed E-state index contributed by atoms with van der Waals surface area (Å²) in [6, 6.07) is -0.174. The second kappa shape index (κ2) is 12.6. The summed E-state index contributed by atoms with van der Waals surface area (Å²) in [6.45, 7) is 9.05. The maximum absolute atomic E-state index is 12.5. The number of hydrogen-bond donors (Lipinski definition) is 4. The Labute approximate surface area is 206 Å². The van der Waals surface area contributed by atoms with E-state index in [0.717, 1.165) is 12.3 Å². The van der Waals surface area contributed by atoms with Gasteiger partial charge in [-0.1, -0.05) is 40.5 Å². The predicted molar refractivity (Wildman–Crippen MR) is 126 cm³/mol. The number of alkyl halides is 3. The van der Waals surface area contributed by atoms with Crippen LogP contribution in [0.5, 0.6) is 0 Å². The lowest BCUT2D eigenvalue weighted by Gasteiger charge is -2.35. The van der Waals surface area contributed by atoms with Gasteiger partial charge in [-0.15, -0.1) is 0 Å². The van der Waals surface area contributed by atoms with Crippen LogP contribution in [0.3, 0.4) is 0 Å². The van der Waals surface area contributed by atoms with Crippen LogP contribution in [0.25, 0.3) is 0 Å². The summed E-state index contributed by atoms with van der Waals surface area (Å²) in [5.41, 5.74) is -1.14. The summed E-state index contributed by atoms with van der Waals surface area (Å²) in [5.74, 6) is -0.929. The SMILES string of the molecule is CC1(C)CCC(CC(C#N)NC(=O)CNC(=O)C(NCC(F)(F)F)C(C)(C)C)C(=O)N1.CC1CC1. The molecule has 1 heterocycles. The van der Waals surface area contributed by atoms with Crippen molar-refractivity contribution in [3.05, 3.63) is 0 Å². The van der Waals surface area contributed by atoms with E-state index in [1.54, 1.807) is 20.8 Å². The second-order valence-corrected chi connectivity index (χ2v) is 11.3. The van der Waals surface area contributed by atoms with Gasteiger partial charge in [0.05, 0.1) is 25.2 Å². The standard InChI is InChI=1S/C20H32F3N5O3.C4H8/c1-18(2,3)15(26-11-20(21,22)23)17(31)25-10-14(29)27-13(9-24)8-12-6-7-19(4,5)28-16(12)30;1-4-2-3-4/h12-13,15,26H,6-8,10-11H2,1-5H3,(H,25,31)(H,27,29)(H,28,30);4H,2-3H2,1H3. The van der Waals surface area contributed by atoms with Crippen LogP contribution in [0.2, 0.25) is 0 Å². The third-order valence-corrected chi connectivity index (χ3v) is 5.89. The van der Waals surface area contributed by atoms with Gasteiger partial charge in [0.15, 0.2) is 0 Å². The third-order valence-electron chi connectivity index (χ3n) is 5.89. The lowest BCUT2D eigenvalue weighted by Crippen LogP contribution is -2.55. The van der Waals surface area contributed by atoms with E-state index in [1.165, 1.54) is 12.8 Å². The van der Waals surface area contributed by atoms with E-state index < -0.39 is 54.5 Å². The zero-order valence-corrected chi connectivity index (χ0v) is 21.6. The molecule has 200 valence electrons. The van der Waals surface area contributed by atoms with Gasteiger partial charge in [-0.25, -0.2) is 0 Å². The van der Waals surface area contributed by atoms with Crippen molar-refractivity contribution in [2.75, 3.05) is 13.1 Å². The van der Waals surface area contributed by atoms with E-state index in [2.05, 4.69) is 28.2 Å². The Morgan fingerprint density at radius 1 is 1.20 bits per heavy atom. The van der Waals surface area contributed by atoms with Crippen molar-refractivity contribution in [2.45, 2.75) is 97.4 Å². The molecule has 1 aliphatic heterocycles.